The number of hydrogen-bond donors (Lipinski definition) is 0. The Morgan fingerprint density at radius 2 is 1.12 bits per heavy atom. The van der Waals surface area contributed by atoms with Crippen molar-refractivity contribution in [1.29, 1.82) is 0 Å². The second-order valence-corrected chi connectivity index (χ2v) is 15.6. The summed E-state index contributed by atoms with van der Waals surface area (Å²) in [5, 5.41) is 10.3. The van der Waals surface area contributed by atoms with Gasteiger partial charge in [-0.2, -0.15) is 0 Å². The van der Waals surface area contributed by atoms with Gasteiger partial charge in [0.1, 0.15) is 11.2 Å². The molecule has 13 aromatic rings. The number of nitrogens with zero attached hydrogens (tertiary/aromatic N) is 4. The summed E-state index contributed by atoms with van der Waals surface area (Å²) in [6.07, 6.45) is 0. The van der Waals surface area contributed by atoms with Gasteiger partial charge in [0, 0.05) is 65.1 Å². The summed E-state index contributed by atoms with van der Waals surface area (Å²) in [7, 11) is 0. The number of para-hydroxylation sites is 2. The number of benzene rings is 8. The highest BCUT2D eigenvalue weighted by atomic mass is 32.1. The van der Waals surface area contributed by atoms with Gasteiger partial charge < -0.3 is 8.98 Å². The van der Waals surface area contributed by atoms with Crippen LogP contribution in [-0.4, -0.2) is 19.1 Å². The fourth-order valence-corrected chi connectivity index (χ4v) is 10.2. The van der Waals surface area contributed by atoms with Crippen LogP contribution in [0.4, 0.5) is 0 Å². The lowest BCUT2D eigenvalue weighted by atomic mass is 10.0. The van der Waals surface area contributed by atoms with Crippen molar-refractivity contribution in [2.45, 2.75) is 0 Å². The van der Waals surface area contributed by atoms with Crippen LogP contribution in [0.25, 0.3) is 120 Å². The van der Waals surface area contributed by atoms with E-state index in [0.717, 1.165) is 87.1 Å². The molecular weight excluding hydrogens is 705 g/mol. The van der Waals surface area contributed by atoms with E-state index in [0.29, 0.717) is 5.95 Å². The van der Waals surface area contributed by atoms with E-state index in [4.69, 9.17) is 14.4 Å². The minimum absolute atomic E-state index is 0.630. The Balaban J connectivity index is 1.17. The molecule has 0 aliphatic heterocycles. The van der Waals surface area contributed by atoms with Gasteiger partial charge in [-0.25, -0.2) is 9.97 Å². The van der Waals surface area contributed by atoms with Crippen LogP contribution in [0.1, 0.15) is 0 Å². The SMILES string of the molecule is c1ccc(-c2nc(-n3c4ccc(-n5c6ccccc6c6ccccc65)cc4c4cc5c(cc43)oc3c4ccccc4ccc53)nc3c2sc2ccccc23)cc1. The summed E-state index contributed by atoms with van der Waals surface area (Å²) >= 11 is 1.75. The molecule has 0 saturated carbocycles. The van der Waals surface area contributed by atoms with E-state index in [2.05, 4.69) is 179 Å². The van der Waals surface area contributed by atoms with Crippen LogP contribution < -0.4 is 0 Å². The Hall–Kier alpha value is -7.28. The second-order valence-electron chi connectivity index (χ2n) is 14.6. The first-order chi connectivity index (χ1) is 27.8. The van der Waals surface area contributed by atoms with Crippen LogP contribution >= 0.6 is 11.3 Å². The molecule has 8 aromatic carbocycles. The van der Waals surface area contributed by atoms with Crippen LogP contribution in [0.2, 0.25) is 0 Å². The van der Waals surface area contributed by atoms with Crippen molar-refractivity contribution < 1.29 is 4.42 Å². The van der Waals surface area contributed by atoms with E-state index in [1.807, 2.05) is 0 Å². The Labute approximate surface area is 322 Å². The van der Waals surface area contributed by atoms with Gasteiger partial charge in [0.05, 0.1) is 38.0 Å². The highest BCUT2D eigenvalue weighted by Crippen LogP contribution is 2.43. The third kappa shape index (κ3) is 4.08. The average Bonchev–Trinajstić information content (AvgIpc) is 4.00. The fourth-order valence-electron chi connectivity index (χ4n) is 9.03. The molecule has 260 valence electrons. The fraction of sp³-hybridized carbons (Fsp3) is 0. The van der Waals surface area contributed by atoms with Gasteiger partial charge >= 0.3 is 0 Å². The van der Waals surface area contributed by atoms with Gasteiger partial charge in [-0.15, -0.1) is 11.3 Å². The van der Waals surface area contributed by atoms with E-state index < -0.39 is 0 Å². The summed E-state index contributed by atoms with van der Waals surface area (Å²) in [5.74, 6) is 0.630. The summed E-state index contributed by atoms with van der Waals surface area (Å²) in [6, 6.07) is 60.5. The van der Waals surface area contributed by atoms with E-state index in [1.165, 1.54) is 26.5 Å². The minimum atomic E-state index is 0.630. The number of furan rings is 1. The van der Waals surface area contributed by atoms with Crippen molar-refractivity contribution in [3.63, 3.8) is 0 Å². The van der Waals surface area contributed by atoms with Crippen LogP contribution in [-0.2, 0) is 0 Å². The van der Waals surface area contributed by atoms with Crippen molar-refractivity contribution in [2.75, 3.05) is 0 Å². The minimum Gasteiger partial charge on any atom is -0.455 e. The lowest BCUT2D eigenvalue weighted by Crippen LogP contribution is -2.03. The monoisotopic (exact) mass is 732 g/mol. The molecule has 0 atom stereocenters. The van der Waals surface area contributed by atoms with Gasteiger partial charge in [0.2, 0.25) is 5.95 Å². The summed E-state index contributed by atoms with van der Waals surface area (Å²) in [5.41, 5.74) is 10.2. The van der Waals surface area contributed by atoms with Gasteiger partial charge in [-0.05, 0) is 53.9 Å². The molecule has 13 rings (SSSR count). The Kier molecular flexibility index (Phi) is 5.98. The molecule has 0 radical (unpaired) electrons. The van der Waals surface area contributed by atoms with Crippen molar-refractivity contribution in [1.82, 2.24) is 19.1 Å². The molecule has 0 saturated heterocycles. The lowest BCUT2D eigenvalue weighted by molar-refractivity contribution is 0.673. The zero-order chi connectivity index (χ0) is 36.5. The van der Waals surface area contributed by atoms with Gasteiger partial charge in [0.15, 0.2) is 0 Å². The Morgan fingerprint density at radius 3 is 1.95 bits per heavy atom. The van der Waals surface area contributed by atoms with Crippen LogP contribution in [0.3, 0.4) is 0 Å². The second kappa shape index (κ2) is 11.1. The Bertz CT molecular complexity index is 3720. The third-order valence-electron chi connectivity index (χ3n) is 11.5. The topological polar surface area (TPSA) is 48.8 Å². The summed E-state index contributed by atoms with van der Waals surface area (Å²) < 4.78 is 13.7. The number of hydrogen-bond acceptors (Lipinski definition) is 4. The molecule has 0 amide bonds. The molecule has 0 aliphatic rings. The van der Waals surface area contributed by atoms with Gasteiger partial charge in [-0.3, -0.25) is 4.57 Å². The predicted molar refractivity (Wildman–Crippen MR) is 234 cm³/mol. The standard InChI is InChI=1S/C50H28N4OS/c1-2-13-30(14-3-1)46-49-47(36-18-8-11-21-45(36)56-49)52-50(51-46)54-42-25-23-31(53-40-19-9-6-16-33(40)34-17-7-10-20-41(34)53)26-37(42)38-27-39-35-24-22-29-12-4-5-15-32(29)48(35)55-44(39)28-43(38)54/h1-28H. The van der Waals surface area contributed by atoms with Gasteiger partial charge in [0.25, 0.3) is 0 Å². The normalized spacial score (nSPS) is 12.3. The van der Waals surface area contributed by atoms with E-state index in [1.54, 1.807) is 11.3 Å². The average molecular weight is 733 g/mol. The molecule has 0 spiro atoms. The molecule has 0 fully saturated rings. The first kappa shape index (κ1) is 30.1. The number of thiophene rings is 1. The van der Waals surface area contributed by atoms with E-state index >= 15 is 0 Å². The van der Waals surface area contributed by atoms with Crippen molar-refractivity contribution in [3.05, 3.63) is 170 Å². The smallest absolute Gasteiger partial charge is 0.235 e. The molecule has 5 nitrogen and oxygen atoms in total. The quantitative estimate of drug-likeness (QED) is 0.182. The number of rotatable bonds is 3. The first-order valence-corrected chi connectivity index (χ1v) is 19.6. The molecule has 5 aromatic heterocycles. The van der Waals surface area contributed by atoms with Crippen LogP contribution in [0, 0.1) is 0 Å². The van der Waals surface area contributed by atoms with Crippen LogP contribution in [0.15, 0.2) is 174 Å². The molecule has 56 heavy (non-hydrogen) atoms. The largest absolute Gasteiger partial charge is 0.455 e. The predicted octanol–water partition coefficient (Wildman–Crippen LogP) is 13.8. The van der Waals surface area contributed by atoms with Crippen LogP contribution in [0.5, 0.6) is 0 Å². The molecule has 0 N–H and O–H groups in total. The number of fused-ring (bicyclic) bond motifs is 14. The maximum atomic E-state index is 6.79. The summed E-state index contributed by atoms with van der Waals surface area (Å²) in [6.45, 7) is 0. The third-order valence-corrected chi connectivity index (χ3v) is 12.7. The van der Waals surface area contributed by atoms with Crippen molar-refractivity contribution in [2.24, 2.45) is 0 Å². The maximum Gasteiger partial charge on any atom is 0.235 e. The summed E-state index contributed by atoms with van der Waals surface area (Å²) in [4.78, 5) is 10.9. The number of aromatic nitrogens is 4. The van der Waals surface area contributed by atoms with Crippen molar-refractivity contribution >= 4 is 108 Å². The lowest BCUT2D eigenvalue weighted by Gasteiger charge is -2.11. The molecule has 0 aliphatic carbocycles. The molecular formula is C50H28N4OS. The Morgan fingerprint density at radius 1 is 0.446 bits per heavy atom. The maximum absolute atomic E-state index is 6.79. The molecule has 6 heteroatoms. The molecule has 5 heterocycles. The molecule has 0 bridgehead atoms. The highest BCUT2D eigenvalue weighted by Gasteiger charge is 2.23. The van der Waals surface area contributed by atoms with Crippen molar-refractivity contribution in [3.8, 4) is 22.9 Å². The highest BCUT2D eigenvalue weighted by molar-refractivity contribution is 7.26. The van der Waals surface area contributed by atoms with E-state index in [9.17, 15) is 0 Å². The first-order valence-electron chi connectivity index (χ1n) is 18.8. The zero-order valence-corrected chi connectivity index (χ0v) is 30.6. The van der Waals surface area contributed by atoms with Gasteiger partial charge in [-0.1, -0.05) is 115 Å². The van der Waals surface area contributed by atoms with E-state index in [-0.39, 0.29) is 0 Å². The zero-order valence-electron chi connectivity index (χ0n) is 29.8. The molecule has 0 unspecified atom stereocenters.